The highest BCUT2D eigenvalue weighted by Crippen LogP contribution is 2.37. The molecule has 1 aliphatic rings. The Morgan fingerprint density at radius 2 is 1.94 bits per heavy atom. The van der Waals surface area contributed by atoms with Gasteiger partial charge in [0.2, 0.25) is 0 Å². The summed E-state index contributed by atoms with van der Waals surface area (Å²) in [6.07, 6.45) is 9.48. The van der Waals surface area contributed by atoms with Crippen molar-refractivity contribution in [3.8, 4) is 16.9 Å². The van der Waals surface area contributed by atoms with E-state index in [0.717, 1.165) is 72.1 Å². The second-order valence-electron chi connectivity index (χ2n) is 9.86. The van der Waals surface area contributed by atoms with Gasteiger partial charge in [0.15, 0.2) is 11.6 Å². The minimum atomic E-state index is -0.749. The van der Waals surface area contributed by atoms with Crippen LogP contribution in [0.5, 0.6) is 5.75 Å². The molecule has 7 heteroatoms. The van der Waals surface area contributed by atoms with Gasteiger partial charge < -0.3 is 20.1 Å². The number of phenolic OH excluding ortho intramolecular Hbond substituents is 1. The predicted molar refractivity (Wildman–Crippen MR) is 141 cm³/mol. The quantitative estimate of drug-likeness (QED) is 0.262. The van der Waals surface area contributed by atoms with E-state index in [9.17, 15) is 14.3 Å². The van der Waals surface area contributed by atoms with Gasteiger partial charge in [-0.05, 0) is 99.5 Å². The van der Waals surface area contributed by atoms with Crippen molar-refractivity contribution < 1.29 is 14.3 Å². The third-order valence-electron chi connectivity index (χ3n) is 6.88. The second-order valence-corrected chi connectivity index (χ2v) is 10.3. The first kappa shape index (κ1) is 25.4. The van der Waals surface area contributed by atoms with E-state index in [1.165, 1.54) is 18.9 Å². The Kier molecular flexibility index (Phi) is 8.24. The molecule has 4 rings (SSSR count). The summed E-state index contributed by atoms with van der Waals surface area (Å²) in [5, 5.41) is 14.5. The Hall–Kier alpha value is -2.70. The average molecular weight is 498 g/mol. The lowest BCUT2D eigenvalue weighted by Crippen LogP contribution is -2.31. The number of aromatic hydroxyl groups is 1. The molecule has 186 valence electrons. The standard InChI is InChI=1S/C28H33ClFN3O2/c1-33(2)17-18-6-9-22(10-7-18)32-27-20(5-3-4-12-34)16-31-26-11-8-19(13-23(26)27)21-14-24(29)28(35)25(30)15-21/h8,11-16,18,22,35H,3-7,9-10,17H2,1-2H3,(H,31,32)/t18-,22-. The van der Waals surface area contributed by atoms with Gasteiger partial charge in [-0.25, -0.2) is 4.39 Å². The maximum absolute atomic E-state index is 14.2. The predicted octanol–water partition coefficient (Wildman–Crippen LogP) is 6.45. The molecule has 1 aromatic heterocycles. The molecule has 2 N–H and O–H groups in total. The van der Waals surface area contributed by atoms with Crippen molar-refractivity contribution in [3.05, 3.63) is 52.9 Å². The van der Waals surface area contributed by atoms with Gasteiger partial charge in [-0.15, -0.1) is 0 Å². The third-order valence-corrected chi connectivity index (χ3v) is 7.17. The van der Waals surface area contributed by atoms with Crippen LogP contribution >= 0.6 is 11.6 Å². The van der Waals surface area contributed by atoms with Crippen LogP contribution in [-0.2, 0) is 11.2 Å². The van der Waals surface area contributed by atoms with Crippen LogP contribution in [-0.4, -0.2) is 48.0 Å². The average Bonchev–Trinajstić information content (AvgIpc) is 2.84. The van der Waals surface area contributed by atoms with Gasteiger partial charge in [-0.2, -0.15) is 0 Å². The fraction of sp³-hybridized carbons (Fsp3) is 0.429. The number of benzene rings is 2. The molecule has 1 heterocycles. The minimum absolute atomic E-state index is 0.0198. The van der Waals surface area contributed by atoms with Crippen LogP contribution in [0.15, 0.2) is 36.5 Å². The highest BCUT2D eigenvalue weighted by molar-refractivity contribution is 6.32. The number of halogens is 2. The lowest BCUT2D eigenvalue weighted by molar-refractivity contribution is -0.107. The molecular weight excluding hydrogens is 465 g/mol. The van der Waals surface area contributed by atoms with Gasteiger partial charge in [0.05, 0.1) is 10.5 Å². The van der Waals surface area contributed by atoms with Crippen LogP contribution in [0.25, 0.3) is 22.0 Å². The van der Waals surface area contributed by atoms with E-state index in [-0.39, 0.29) is 5.02 Å². The van der Waals surface area contributed by atoms with E-state index in [1.807, 2.05) is 24.4 Å². The number of aromatic nitrogens is 1. The van der Waals surface area contributed by atoms with Crippen LogP contribution in [0.2, 0.25) is 5.02 Å². The fourth-order valence-electron chi connectivity index (χ4n) is 5.09. The Balaban J connectivity index is 1.68. The zero-order valence-electron chi connectivity index (χ0n) is 20.4. The summed E-state index contributed by atoms with van der Waals surface area (Å²) >= 11 is 6.04. The Morgan fingerprint density at radius 1 is 1.17 bits per heavy atom. The highest BCUT2D eigenvalue weighted by Gasteiger charge is 2.23. The molecule has 3 aromatic rings. The number of hydrogen-bond acceptors (Lipinski definition) is 5. The number of carbonyl (C=O) groups is 1. The van der Waals surface area contributed by atoms with Crippen molar-refractivity contribution in [2.24, 2.45) is 5.92 Å². The maximum atomic E-state index is 14.2. The van der Waals surface area contributed by atoms with Gasteiger partial charge in [-0.1, -0.05) is 17.7 Å². The molecule has 1 aliphatic carbocycles. The number of hydrogen-bond donors (Lipinski definition) is 2. The molecule has 5 nitrogen and oxygen atoms in total. The zero-order valence-corrected chi connectivity index (χ0v) is 21.1. The minimum Gasteiger partial charge on any atom is -0.504 e. The number of rotatable bonds is 9. The van der Waals surface area contributed by atoms with E-state index in [2.05, 4.69) is 29.3 Å². The van der Waals surface area contributed by atoms with E-state index >= 15 is 0 Å². The van der Waals surface area contributed by atoms with Gasteiger partial charge in [0, 0.05) is 36.3 Å². The molecule has 0 unspecified atom stereocenters. The number of unbranched alkanes of at least 4 members (excludes halogenated alkanes) is 1. The van der Waals surface area contributed by atoms with Gasteiger partial charge in [0.25, 0.3) is 0 Å². The Bertz CT molecular complexity index is 1170. The number of aryl methyl sites for hydroxylation is 1. The number of anilines is 1. The number of pyridine rings is 1. The normalized spacial score (nSPS) is 18.2. The van der Waals surface area contributed by atoms with E-state index in [1.54, 1.807) is 6.07 Å². The number of nitrogens with zero attached hydrogens (tertiary/aromatic N) is 2. The third kappa shape index (κ3) is 6.11. The van der Waals surface area contributed by atoms with Crippen molar-refractivity contribution in [2.75, 3.05) is 26.0 Å². The number of carbonyl (C=O) groups excluding carboxylic acids is 1. The van der Waals surface area contributed by atoms with E-state index in [4.69, 9.17) is 11.6 Å². The highest BCUT2D eigenvalue weighted by atomic mass is 35.5. The van der Waals surface area contributed by atoms with E-state index < -0.39 is 11.6 Å². The largest absolute Gasteiger partial charge is 0.504 e. The zero-order chi connectivity index (χ0) is 24.9. The van der Waals surface area contributed by atoms with Crippen LogP contribution in [0, 0.1) is 11.7 Å². The van der Waals surface area contributed by atoms with Gasteiger partial charge in [0.1, 0.15) is 6.29 Å². The molecule has 0 saturated heterocycles. The van der Waals surface area contributed by atoms with Gasteiger partial charge in [-0.3, -0.25) is 4.98 Å². The molecule has 0 aliphatic heterocycles. The smallest absolute Gasteiger partial charge is 0.170 e. The summed E-state index contributed by atoms with van der Waals surface area (Å²) in [5.41, 5.74) is 4.37. The lowest BCUT2D eigenvalue weighted by atomic mass is 9.85. The summed E-state index contributed by atoms with van der Waals surface area (Å²) in [6.45, 7) is 1.12. The monoisotopic (exact) mass is 497 g/mol. The summed E-state index contributed by atoms with van der Waals surface area (Å²) in [7, 11) is 4.26. The number of fused-ring (bicyclic) bond motifs is 1. The van der Waals surface area contributed by atoms with Crippen molar-refractivity contribution in [3.63, 3.8) is 0 Å². The Labute approximate surface area is 211 Å². The Morgan fingerprint density at radius 3 is 2.63 bits per heavy atom. The summed E-state index contributed by atoms with van der Waals surface area (Å²) in [5.74, 6) is -0.561. The summed E-state index contributed by atoms with van der Waals surface area (Å²) in [4.78, 5) is 17.8. The van der Waals surface area contributed by atoms with E-state index in [0.29, 0.717) is 18.0 Å². The van der Waals surface area contributed by atoms with Crippen LogP contribution < -0.4 is 5.32 Å². The molecule has 0 radical (unpaired) electrons. The van der Waals surface area contributed by atoms with Crippen LogP contribution in [0.1, 0.15) is 44.1 Å². The summed E-state index contributed by atoms with van der Waals surface area (Å²) in [6, 6.07) is 9.06. The van der Waals surface area contributed by atoms with Crippen molar-refractivity contribution in [1.82, 2.24) is 9.88 Å². The van der Waals surface area contributed by atoms with Gasteiger partial charge >= 0.3 is 0 Å². The van der Waals surface area contributed by atoms with Crippen LogP contribution in [0.4, 0.5) is 10.1 Å². The number of aldehydes is 1. The first-order chi connectivity index (χ1) is 16.9. The van der Waals surface area contributed by atoms with Crippen molar-refractivity contribution in [2.45, 2.75) is 51.0 Å². The number of phenols is 1. The molecule has 0 amide bonds. The topological polar surface area (TPSA) is 65.5 Å². The molecule has 0 spiro atoms. The molecule has 0 bridgehead atoms. The molecule has 35 heavy (non-hydrogen) atoms. The van der Waals surface area contributed by atoms with Crippen molar-refractivity contribution in [1.29, 1.82) is 0 Å². The molecule has 1 fully saturated rings. The molecule has 0 atom stereocenters. The van der Waals surface area contributed by atoms with Crippen LogP contribution in [0.3, 0.4) is 0 Å². The molecule has 1 saturated carbocycles. The first-order valence-corrected chi connectivity index (χ1v) is 12.7. The second kappa shape index (κ2) is 11.4. The fourth-order valence-corrected chi connectivity index (χ4v) is 5.30. The SMILES string of the molecule is CN(C)C[C@H]1CC[C@H](Nc2c(CCCC=O)cnc3ccc(-c4cc(F)c(O)c(Cl)c4)cc23)CC1. The molecule has 2 aromatic carbocycles. The summed E-state index contributed by atoms with van der Waals surface area (Å²) < 4.78 is 14.2. The maximum Gasteiger partial charge on any atom is 0.170 e. The number of nitrogens with one attached hydrogen (secondary N) is 1. The first-order valence-electron chi connectivity index (χ1n) is 12.3. The van der Waals surface area contributed by atoms with Crippen molar-refractivity contribution >= 4 is 34.5 Å². The molecular formula is C28H33ClFN3O2. The lowest BCUT2D eigenvalue weighted by Gasteiger charge is -2.32.